The lowest BCUT2D eigenvalue weighted by Crippen LogP contribution is -2.28. The highest BCUT2D eigenvalue weighted by Gasteiger charge is 2.48. The molecule has 0 bridgehead atoms. The van der Waals surface area contributed by atoms with Gasteiger partial charge in [-0.1, -0.05) is 403 Å². The Morgan fingerprint density at radius 1 is 0.243 bits per heavy atom. The average molecular weight is 1490 g/mol. The van der Waals surface area contributed by atoms with E-state index < -0.39 is 5.41 Å². The summed E-state index contributed by atoms with van der Waals surface area (Å²) in [5.74, 6) is 0. The Hall–Kier alpha value is -13.6. The summed E-state index contributed by atoms with van der Waals surface area (Å²) in [6, 6.07) is 155. The molecule has 2 nitrogen and oxygen atoms in total. The summed E-state index contributed by atoms with van der Waals surface area (Å²) < 4.78 is 0. The minimum atomic E-state index is -0.489. The van der Waals surface area contributed by atoms with Crippen LogP contribution in [-0.4, -0.2) is 0 Å². The van der Waals surface area contributed by atoms with Crippen LogP contribution in [0.1, 0.15) is 94.5 Å². The molecular weight excluding hydrogens is 1410 g/mol. The van der Waals surface area contributed by atoms with E-state index in [1.165, 1.54) is 155 Å². The van der Waals surface area contributed by atoms with Crippen LogP contribution in [0.3, 0.4) is 0 Å². The van der Waals surface area contributed by atoms with Crippen molar-refractivity contribution < 1.29 is 0 Å². The van der Waals surface area contributed by atoms with Crippen molar-refractivity contribution in [3.05, 3.63) is 496 Å². The van der Waals surface area contributed by atoms with Crippen molar-refractivity contribution in [1.82, 2.24) is 0 Å². The molecule has 18 aromatic carbocycles. The molecule has 0 aliphatic heterocycles. The molecule has 115 heavy (non-hydrogen) atoms. The molecule has 0 heterocycles. The van der Waals surface area contributed by atoms with Crippen molar-refractivity contribution in [2.45, 2.75) is 49.4 Å². The van der Waals surface area contributed by atoms with Gasteiger partial charge in [0.25, 0.3) is 0 Å². The Balaban J connectivity index is 0.000000125. The largest absolute Gasteiger partial charge is 0.355 e. The van der Waals surface area contributed by atoms with Crippen LogP contribution in [0, 0.1) is 0 Å². The molecule has 0 fully saturated rings. The minimum absolute atomic E-state index is 0.0160. The summed E-state index contributed by atoms with van der Waals surface area (Å²) >= 11 is 6.05. The Morgan fingerprint density at radius 2 is 0.583 bits per heavy atom. The number of hydrogen-bond donors (Lipinski definition) is 1. The smallest absolute Gasteiger partial charge is 0.0714 e. The monoisotopic (exact) mass is 1490 g/mol. The molecule has 0 atom stereocenters. The van der Waals surface area contributed by atoms with E-state index in [0.29, 0.717) is 0 Å². The first-order valence-electron chi connectivity index (χ1n) is 40.1. The molecule has 0 unspecified atom stereocenters. The second-order valence-electron chi connectivity index (χ2n) is 31.9. The average Bonchev–Trinajstić information content (AvgIpc) is 1.54. The van der Waals surface area contributed by atoms with Crippen LogP contribution in [0.5, 0.6) is 0 Å². The molecule has 0 saturated heterocycles. The minimum Gasteiger partial charge on any atom is -0.355 e. The van der Waals surface area contributed by atoms with E-state index in [4.69, 9.17) is 11.6 Å². The van der Waals surface area contributed by atoms with Gasteiger partial charge < -0.3 is 10.2 Å². The van der Waals surface area contributed by atoms with Crippen molar-refractivity contribution >= 4 is 61.6 Å². The molecule has 548 valence electrons. The van der Waals surface area contributed by atoms with Gasteiger partial charge in [-0.3, -0.25) is 0 Å². The number of nitrogens with zero attached hydrogens (tertiary/aromatic N) is 1. The molecule has 0 aromatic heterocycles. The zero-order valence-electron chi connectivity index (χ0n) is 64.7. The first kappa shape index (κ1) is 70.5. The second-order valence-corrected chi connectivity index (χ2v) is 32.3. The molecule has 4 aliphatic carbocycles. The number of fused-ring (bicyclic) bond motifs is 14. The van der Waals surface area contributed by atoms with Crippen LogP contribution in [-0.2, 0) is 21.7 Å². The highest BCUT2D eigenvalue weighted by molar-refractivity contribution is 6.30. The number of benzene rings is 18. The van der Waals surface area contributed by atoms with Gasteiger partial charge in [-0.05, 0) is 205 Å². The van der Waals surface area contributed by atoms with Crippen LogP contribution in [0.2, 0.25) is 5.02 Å². The summed E-state index contributed by atoms with van der Waals surface area (Å²) in [6.07, 6.45) is 0. The summed E-state index contributed by atoms with van der Waals surface area (Å²) in [7, 11) is 0. The second kappa shape index (κ2) is 28.5. The fraction of sp³-hybridized carbons (Fsp3) is 0.0714. The van der Waals surface area contributed by atoms with Gasteiger partial charge in [0.1, 0.15) is 0 Å². The first-order chi connectivity index (χ1) is 56.5. The Morgan fingerprint density at radius 3 is 1.08 bits per heavy atom. The van der Waals surface area contributed by atoms with Crippen LogP contribution in [0.4, 0.5) is 28.4 Å². The van der Waals surface area contributed by atoms with Crippen molar-refractivity contribution in [1.29, 1.82) is 0 Å². The van der Waals surface area contributed by atoms with E-state index in [9.17, 15) is 0 Å². The van der Waals surface area contributed by atoms with Gasteiger partial charge in [-0.15, -0.1) is 0 Å². The van der Waals surface area contributed by atoms with E-state index in [1.54, 1.807) is 0 Å². The lowest BCUT2D eigenvalue weighted by molar-refractivity contribution is 0.662. The topological polar surface area (TPSA) is 15.3 Å². The van der Waals surface area contributed by atoms with Crippen LogP contribution in [0.25, 0.3) is 88.3 Å². The van der Waals surface area contributed by atoms with Crippen molar-refractivity contribution in [2.75, 3.05) is 10.2 Å². The molecule has 4 aliphatic rings. The number of anilines is 5. The molecule has 18 aromatic rings. The number of nitrogens with one attached hydrogen (secondary N) is 1. The first-order valence-corrected chi connectivity index (χ1v) is 40.4. The zero-order chi connectivity index (χ0) is 77.4. The maximum Gasteiger partial charge on any atom is 0.0714 e. The highest BCUT2D eigenvalue weighted by Crippen LogP contribution is 2.61. The third-order valence-electron chi connectivity index (χ3n) is 25.0. The van der Waals surface area contributed by atoms with Crippen molar-refractivity contribution in [3.8, 4) is 66.8 Å². The maximum atomic E-state index is 6.05. The van der Waals surface area contributed by atoms with Gasteiger partial charge in [0.2, 0.25) is 0 Å². The molecule has 0 amide bonds. The molecule has 0 spiro atoms. The van der Waals surface area contributed by atoms with E-state index in [0.717, 1.165) is 33.5 Å². The van der Waals surface area contributed by atoms with Crippen LogP contribution >= 0.6 is 11.6 Å². The van der Waals surface area contributed by atoms with Gasteiger partial charge in [-0.2, -0.15) is 0 Å². The van der Waals surface area contributed by atoms with Gasteiger partial charge >= 0.3 is 0 Å². The summed E-state index contributed by atoms with van der Waals surface area (Å²) in [5.41, 5.74) is 36.2. The predicted molar refractivity (Wildman–Crippen MR) is 484 cm³/mol. The quantitative estimate of drug-likeness (QED) is 0.139. The molecule has 3 heteroatoms. The number of rotatable bonds is 11. The van der Waals surface area contributed by atoms with E-state index in [2.05, 4.69) is 450 Å². The summed E-state index contributed by atoms with van der Waals surface area (Å²) in [4.78, 5) is 2.46. The Kier molecular flexibility index (Phi) is 17.5. The fourth-order valence-corrected chi connectivity index (χ4v) is 20.1. The Bertz CT molecular complexity index is 6650. The number of halogens is 1. The van der Waals surface area contributed by atoms with E-state index in [1.807, 2.05) is 12.1 Å². The third-order valence-corrected chi connectivity index (χ3v) is 25.2. The molecule has 0 radical (unpaired) electrons. The van der Waals surface area contributed by atoms with E-state index in [-0.39, 0.29) is 16.2 Å². The van der Waals surface area contributed by atoms with Crippen LogP contribution in [0.15, 0.2) is 425 Å². The molecule has 22 rings (SSSR count). The van der Waals surface area contributed by atoms with Crippen molar-refractivity contribution in [2.24, 2.45) is 0 Å². The summed E-state index contributed by atoms with van der Waals surface area (Å²) in [5, 5.41) is 9.41. The standard InChI is InChI=1S/C56H41N.C35H25N.C21H17Cl/c1-55(2)50-28-13-11-25-47(50)49-27-16-26-45(54(49)55)39-31-33-42(34-32-39)57(53-30-15-18-38-17-9-10-23-44(38)53)43-35-36-48-46-24-12-14-29-51(46)56(52(48)37-43,40-19-5-3-6-20-40)41-21-7-4-8-22-41;1-3-14-26(15-4-1)35(27-16-5-2-6-17-27)32-20-10-9-19-30(32)31-23-22-28(24-33(31)35)36-34-21-11-13-25-12-7-8-18-29(25)34;1-21(2)19-9-4-3-6-17(19)18-8-5-7-16(20(18)21)14-10-12-15(22)13-11-14/h3-37H,1-2H3;1-24,36H;3-13H,1-2H3. The van der Waals surface area contributed by atoms with Gasteiger partial charge in [0.15, 0.2) is 0 Å². The molecule has 1 N–H and O–H groups in total. The van der Waals surface area contributed by atoms with Gasteiger partial charge in [-0.25, -0.2) is 0 Å². The third kappa shape index (κ3) is 11.5. The van der Waals surface area contributed by atoms with Gasteiger partial charge in [0.05, 0.1) is 16.5 Å². The van der Waals surface area contributed by atoms with Crippen molar-refractivity contribution in [3.63, 3.8) is 0 Å². The lowest BCUT2D eigenvalue weighted by Gasteiger charge is -2.35. The summed E-state index contributed by atoms with van der Waals surface area (Å²) in [6.45, 7) is 9.37. The van der Waals surface area contributed by atoms with E-state index >= 15 is 0 Å². The molecule has 0 saturated carbocycles. The highest BCUT2D eigenvalue weighted by atomic mass is 35.5. The predicted octanol–water partition coefficient (Wildman–Crippen LogP) is 29.9. The lowest BCUT2D eigenvalue weighted by atomic mass is 9.67. The Labute approximate surface area is 679 Å². The zero-order valence-corrected chi connectivity index (χ0v) is 65.5. The molecular formula is C112H83ClN2. The SMILES string of the molecule is CC1(C)c2ccccc2-c2cccc(-c3ccc(Cl)cc3)c21.CC1(C)c2ccccc2-c2cccc(-c3ccc(N(c4ccc5c(c4)C(c4ccccc4)(c4ccccc4)c4ccccc4-5)c4cccc5ccccc45)cc3)c21.c1ccc(C2(c3ccccc3)c3ccccc3-c3ccc(Nc4cccc5ccccc45)cc32)cc1. The normalized spacial score (nSPS) is 13.9. The number of hydrogen-bond acceptors (Lipinski definition) is 2. The van der Waals surface area contributed by atoms with Gasteiger partial charge in [0, 0.05) is 49.4 Å². The fourth-order valence-electron chi connectivity index (χ4n) is 20.0. The van der Waals surface area contributed by atoms with Crippen LogP contribution < -0.4 is 10.2 Å². The maximum absolute atomic E-state index is 6.05.